The van der Waals surface area contributed by atoms with Crippen LogP contribution in [0.2, 0.25) is 0 Å². The highest BCUT2D eigenvalue weighted by Gasteiger charge is 2.15. The molecule has 3 N–H and O–H groups in total. The van der Waals surface area contributed by atoms with Gasteiger partial charge in [0.1, 0.15) is 18.2 Å². The molecule has 5 nitrogen and oxygen atoms in total. The maximum atomic E-state index is 15.1. The monoisotopic (exact) mass is 432 g/mol. The van der Waals surface area contributed by atoms with Crippen LogP contribution in [0.15, 0.2) is 60.8 Å². The van der Waals surface area contributed by atoms with Gasteiger partial charge in [-0.25, -0.2) is 4.39 Å². The van der Waals surface area contributed by atoms with Crippen LogP contribution in [-0.4, -0.2) is 15.6 Å². The maximum absolute atomic E-state index is 15.1. The lowest BCUT2D eigenvalue weighted by Gasteiger charge is -2.14. The first-order chi connectivity index (χ1) is 15.4. The van der Waals surface area contributed by atoms with E-state index in [1.54, 1.807) is 18.2 Å². The van der Waals surface area contributed by atoms with Crippen molar-refractivity contribution in [2.45, 2.75) is 26.5 Å². The van der Waals surface area contributed by atoms with Gasteiger partial charge in [0.05, 0.1) is 6.42 Å². The molecule has 0 saturated carbocycles. The van der Waals surface area contributed by atoms with E-state index in [1.165, 1.54) is 0 Å². The largest absolute Gasteiger partial charge is 0.489 e. The summed E-state index contributed by atoms with van der Waals surface area (Å²) in [5, 5.41) is 10.1. The zero-order valence-corrected chi connectivity index (χ0v) is 18.1. The van der Waals surface area contributed by atoms with Crippen molar-refractivity contribution in [1.29, 1.82) is 0 Å². The molecule has 0 bridgehead atoms. The molecule has 1 heterocycles. The standard InChI is InChI=1S/C26H25FN2O3/c1-16-6-7-18(13-25(30)31)24(10-16)32-15-17-11-22(20-8-9-29(2)23(20)12-17)21-5-3-4-19(14-28)26(21)27/h3-12H,13-15,28H2,1-2H3,(H,30,31). The predicted molar refractivity (Wildman–Crippen MR) is 123 cm³/mol. The van der Waals surface area contributed by atoms with E-state index in [1.807, 2.05) is 61.1 Å². The van der Waals surface area contributed by atoms with Crippen LogP contribution in [0, 0.1) is 12.7 Å². The van der Waals surface area contributed by atoms with E-state index in [9.17, 15) is 9.90 Å². The van der Waals surface area contributed by atoms with Gasteiger partial charge in [0.25, 0.3) is 0 Å². The summed E-state index contributed by atoms with van der Waals surface area (Å²) in [4.78, 5) is 11.2. The third-order valence-electron chi connectivity index (χ3n) is 5.61. The molecule has 4 aromatic rings. The highest BCUT2D eigenvalue weighted by atomic mass is 19.1. The molecule has 0 aliphatic heterocycles. The summed E-state index contributed by atoms with van der Waals surface area (Å²) in [5.74, 6) is -0.695. The number of benzene rings is 3. The Bertz CT molecular complexity index is 1310. The highest BCUT2D eigenvalue weighted by molar-refractivity contribution is 5.96. The van der Waals surface area contributed by atoms with E-state index < -0.39 is 5.97 Å². The van der Waals surface area contributed by atoms with E-state index in [4.69, 9.17) is 10.5 Å². The summed E-state index contributed by atoms with van der Waals surface area (Å²) >= 11 is 0. The van der Waals surface area contributed by atoms with Crippen molar-refractivity contribution < 1.29 is 19.0 Å². The third-order valence-corrected chi connectivity index (χ3v) is 5.61. The van der Waals surface area contributed by atoms with Crippen molar-refractivity contribution in [3.05, 3.63) is 88.9 Å². The van der Waals surface area contributed by atoms with Crippen molar-refractivity contribution in [3.8, 4) is 16.9 Å². The Morgan fingerprint density at radius 3 is 2.66 bits per heavy atom. The minimum absolute atomic E-state index is 0.116. The molecule has 0 fully saturated rings. The molecular weight excluding hydrogens is 407 g/mol. The van der Waals surface area contributed by atoms with Gasteiger partial charge in [0.15, 0.2) is 0 Å². The number of hydrogen-bond donors (Lipinski definition) is 2. The lowest BCUT2D eigenvalue weighted by molar-refractivity contribution is -0.136. The van der Waals surface area contributed by atoms with Crippen molar-refractivity contribution in [2.24, 2.45) is 12.8 Å². The number of fused-ring (bicyclic) bond motifs is 1. The first-order valence-electron chi connectivity index (χ1n) is 10.4. The second-order valence-corrected chi connectivity index (χ2v) is 7.96. The van der Waals surface area contributed by atoms with Crippen LogP contribution in [0.5, 0.6) is 5.75 Å². The fraction of sp³-hybridized carbons (Fsp3) is 0.192. The lowest BCUT2D eigenvalue weighted by atomic mass is 9.97. The number of aryl methyl sites for hydroxylation is 2. The van der Waals surface area contributed by atoms with Crippen LogP contribution in [-0.2, 0) is 31.4 Å². The van der Waals surface area contributed by atoms with Crippen molar-refractivity contribution in [3.63, 3.8) is 0 Å². The second-order valence-electron chi connectivity index (χ2n) is 7.96. The van der Waals surface area contributed by atoms with Gasteiger partial charge in [-0.1, -0.05) is 30.3 Å². The normalized spacial score (nSPS) is 11.1. The Kier molecular flexibility index (Phi) is 5.97. The number of hydrogen-bond acceptors (Lipinski definition) is 3. The second kappa shape index (κ2) is 8.85. The summed E-state index contributed by atoms with van der Waals surface area (Å²) in [5.41, 5.74) is 10.8. The van der Waals surface area contributed by atoms with Gasteiger partial charge >= 0.3 is 5.97 Å². The van der Waals surface area contributed by atoms with Crippen LogP contribution in [0.4, 0.5) is 4.39 Å². The molecular formula is C26H25FN2O3. The Labute approximate surface area is 185 Å². The molecule has 0 saturated heterocycles. The van der Waals surface area contributed by atoms with Gasteiger partial charge in [0, 0.05) is 47.4 Å². The minimum Gasteiger partial charge on any atom is -0.489 e. The molecule has 0 radical (unpaired) electrons. The number of rotatable bonds is 7. The summed E-state index contributed by atoms with van der Waals surface area (Å²) in [7, 11) is 1.94. The minimum atomic E-state index is -0.915. The van der Waals surface area contributed by atoms with Crippen LogP contribution < -0.4 is 10.5 Å². The first-order valence-corrected chi connectivity index (χ1v) is 10.4. The number of ether oxygens (including phenoxy) is 1. The average molecular weight is 432 g/mol. The molecule has 0 spiro atoms. The third kappa shape index (κ3) is 4.22. The Hall–Kier alpha value is -3.64. The molecule has 0 amide bonds. The summed E-state index contributed by atoms with van der Waals surface area (Å²) in [6.45, 7) is 2.28. The molecule has 0 unspecified atom stereocenters. The van der Waals surface area contributed by atoms with Crippen LogP contribution >= 0.6 is 0 Å². The van der Waals surface area contributed by atoms with Crippen LogP contribution in [0.1, 0.15) is 22.3 Å². The smallest absolute Gasteiger partial charge is 0.307 e. The molecule has 3 aromatic carbocycles. The van der Waals surface area contributed by atoms with E-state index in [-0.39, 0.29) is 25.4 Å². The number of aromatic nitrogens is 1. The number of aliphatic carboxylic acids is 1. The van der Waals surface area contributed by atoms with Gasteiger partial charge in [-0.3, -0.25) is 4.79 Å². The maximum Gasteiger partial charge on any atom is 0.307 e. The summed E-state index contributed by atoms with van der Waals surface area (Å²) in [6, 6.07) is 16.6. The lowest BCUT2D eigenvalue weighted by Crippen LogP contribution is -2.05. The van der Waals surface area contributed by atoms with E-state index >= 15 is 4.39 Å². The highest BCUT2D eigenvalue weighted by Crippen LogP contribution is 2.34. The number of carbonyl (C=O) groups is 1. The Balaban J connectivity index is 1.75. The van der Waals surface area contributed by atoms with Crippen molar-refractivity contribution in [2.75, 3.05) is 0 Å². The molecule has 0 aliphatic carbocycles. The van der Waals surface area contributed by atoms with Crippen LogP contribution in [0.25, 0.3) is 22.0 Å². The summed E-state index contributed by atoms with van der Waals surface area (Å²) < 4.78 is 23.2. The molecule has 32 heavy (non-hydrogen) atoms. The zero-order valence-electron chi connectivity index (χ0n) is 18.1. The van der Waals surface area contributed by atoms with Gasteiger partial charge < -0.3 is 20.1 Å². The fourth-order valence-electron chi connectivity index (χ4n) is 3.95. The van der Waals surface area contributed by atoms with Gasteiger partial charge in [-0.05, 0) is 47.9 Å². The van der Waals surface area contributed by atoms with Crippen molar-refractivity contribution >= 4 is 16.9 Å². The first kappa shape index (κ1) is 21.6. The van der Waals surface area contributed by atoms with E-state index in [2.05, 4.69) is 0 Å². The number of carboxylic acid groups (broad SMARTS) is 1. The average Bonchev–Trinajstić information content (AvgIpc) is 3.14. The van der Waals surface area contributed by atoms with Crippen molar-refractivity contribution in [1.82, 2.24) is 4.57 Å². The topological polar surface area (TPSA) is 77.5 Å². The van der Waals surface area contributed by atoms with Gasteiger partial charge in [-0.2, -0.15) is 0 Å². The van der Waals surface area contributed by atoms with E-state index in [0.29, 0.717) is 22.4 Å². The quantitative estimate of drug-likeness (QED) is 0.433. The number of nitrogens with zero attached hydrogens (tertiary/aromatic N) is 1. The summed E-state index contributed by atoms with van der Waals surface area (Å²) in [6.07, 6.45) is 1.82. The van der Waals surface area contributed by atoms with Gasteiger partial charge in [-0.15, -0.1) is 0 Å². The van der Waals surface area contributed by atoms with Gasteiger partial charge in [0.2, 0.25) is 0 Å². The Morgan fingerprint density at radius 1 is 1.09 bits per heavy atom. The number of carboxylic acids is 1. The molecule has 0 aliphatic rings. The SMILES string of the molecule is Cc1ccc(CC(=O)O)c(OCc2cc(-c3cccc(CN)c3F)c3ccn(C)c3c2)c1. The number of nitrogens with two attached hydrogens (primary N) is 1. The predicted octanol–water partition coefficient (Wildman–Crippen LogP) is 4.96. The zero-order chi connectivity index (χ0) is 22.8. The molecule has 1 aromatic heterocycles. The van der Waals surface area contributed by atoms with Crippen LogP contribution in [0.3, 0.4) is 0 Å². The molecule has 164 valence electrons. The van der Waals surface area contributed by atoms with E-state index in [0.717, 1.165) is 27.6 Å². The molecule has 4 rings (SSSR count). The number of halogens is 1. The molecule has 6 heteroatoms. The fourth-order valence-corrected chi connectivity index (χ4v) is 3.95. The molecule has 0 atom stereocenters. The Morgan fingerprint density at radius 2 is 1.91 bits per heavy atom.